The number of thiocarbonyl (C=S) groups is 2. The van der Waals surface area contributed by atoms with Gasteiger partial charge in [0, 0.05) is 19.8 Å². The number of aromatic nitrogens is 1. The van der Waals surface area contributed by atoms with Crippen molar-refractivity contribution in [2.75, 3.05) is 13.6 Å². The molecule has 0 saturated carbocycles. The first-order valence-corrected chi connectivity index (χ1v) is 7.02. The van der Waals surface area contributed by atoms with E-state index in [2.05, 4.69) is 36.7 Å². The molecule has 4 N–H and O–H groups in total. The minimum Gasteiger partial charge on any atom is -0.364 e. The topological polar surface area (TPSA) is 85.7 Å². The second kappa shape index (κ2) is 9.72. The van der Waals surface area contributed by atoms with Crippen LogP contribution in [0.25, 0.3) is 0 Å². The maximum Gasteiger partial charge on any atom is 0.186 e. The molecule has 0 aliphatic carbocycles. The number of hydrogen-bond acceptors (Lipinski definition) is 5. The highest BCUT2D eigenvalue weighted by atomic mass is 32.1. The Morgan fingerprint density at radius 1 is 1.29 bits per heavy atom. The SMILES string of the molecule is CCNC(=S)N/N=C(\C=N\NC(=S)NC)c1ccccn1. The van der Waals surface area contributed by atoms with E-state index in [1.165, 1.54) is 6.21 Å². The summed E-state index contributed by atoms with van der Waals surface area (Å²) in [6, 6.07) is 5.50. The van der Waals surface area contributed by atoms with Crippen molar-refractivity contribution in [3.63, 3.8) is 0 Å². The van der Waals surface area contributed by atoms with Crippen LogP contribution in [0.2, 0.25) is 0 Å². The lowest BCUT2D eigenvalue weighted by Gasteiger charge is -2.06. The van der Waals surface area contributed by atoms with E-state index in [0.717, 1.165) is 0 Å². The molecule has 0 aromatic carbocycles. The van der Waals surface area contributed by atoms with Gasteiger partial charge in [-0.2, -0.15) is 10.2 Å². The maximum atomic E-state index is 5.05. The summed E-state index contributed by atoms with van der Waals surface area (Å²) in [6.45, 7) is 2.66. The second-order valence-electron chi connectivity index (χ2n) is 3.63. The van der Waals surface area contributed by atoms with E-state index in [1.54, 1.807) is 13.2 Å². The number of rotatable bonds is 5. The van der Waals surface area contributed by atoms with Crippen molar-refractivity contribution in [2.45, 2.75) is 6.92 Å². The summed E-state index contributed by atoms with van der Waals surface area (Å²) in [5, 5.41) is 14.7. The molecule has 7 nitrogen and oxygen atoms in total. The van der Waals surface area contributed by atoms with Crippen molar-refractivity contribution < 1.29 is 0 Å². The second-order valence-corrected chi connectivity index (χ2v) is 4.45. The Bertz CT molecular complexity index is 528. The van der Waals surface area contributed by atoms with Gasteiger partial charge >= 0.3 is 0 Å². The Hall–Kier alpha value is -2.13. The fourth-order valence-electron chi connectivity index (χ4n) is 1.19. The van der Waals surface area contributed by atoms with E-state index < -0.39 is 0 Å². The van der Waals surface area contributed by atoms with Crippen LogP contribution < -0.4 is 21.5 Å². The molecule has 21 heavy (non-hydrogen) atoms. The fraction of sp³-hybridized carbons (Fsp3) is 0.250. The summed E-state index contributed by atoms with van der Waals surface area (Å²) < 4.78 is 0. The van der Waals surface area contributed by atoms with Gasteiger partial charge in [-0.25, -0.2) is 0 Å². The van der Waals surface area contributed by atoms with Crippen LogP contribution in [-0.4, -0.2) is 40.7 Å². The largest absolute Gasteiger partial charge is 0.364 e. The third-order valence-corrected chi connectivity index (χ3v) is 2.65. The molecule has 0 spiro atoms. The molecule has 9 heteroatoms. The smallest absolute Gasteiger partial charge is 0.186 e. The molecule has 0 saturated heterocycles. The Morgan fingerprint density at radius 2 is 2.10 bits per heavy atom. The fourth-order valence-corrected chi connectivity index (χ4v) is 1.43. The zero-order valence-corrected chi connectivity index (χ0v) is 13.4. The van der Waals surface area contributed by atoms with E-state index in [0.29, 0.717) is 28.2 Å². The van der Waals surface area contributed by atoms with Gasteiger partial charge in [-0.1, -0.05) is 6.07 Å². The highest BCUT2D eigenvalue weighted by Gasteiger charge is 2.02. The molecular weight excluding hydrogens is 306 g/mol. The summed E-state index contributed by atoms with van der Waals surface area (Å²) in [5.74, 6) is 0. The van der Waals surface area contributed by atoms with Crippen molar-refractivity contribution in [3.8, 4) is 0 Å². The first kappa shape index (κ1) is 16.9. The molecule has 1 aromatic rings. The molecule has 0 radical (unpaired) electrons. The standard InChI is InChI=1S/C12H17N7S2/c1-3-14-12(21)19-17-10(8-16-18-11(20)13-2)9-6-4-5-7-15-9/h4-8H,3H2,1-2H3,(H2,13,18,20)(H2,14,19,21)/b16-8+,17-10+. The third kappa shape index (κ3) is 6.72. The van der Waals surface area contributed by atoms with Crippen LogP contribution in [0.15, 0.2) is 34.6 Å². The predicted molar refractivity (Wildman–Crippen MR) is 93.5 cm³/mol. The number of nitrogens with one attached hydrogen (secondary N) is 4. The highest BCUT2D eigenvalue weighted by molar-refractivity contribution is 7.80. The van der Waals surface area contributed by atoms with E-state index >= 15 is 0 Å². The molecule has 0 bridgehead atoms. The Kier molecular flexibility index (Phi) is 7.84. The molecule has 0 amide bonds. The summed E-state index contributed by atoms with van der Waals surface area (Å²) in [7, 11) is 1.70. The normalized spacial score (nSPS) is 11.0. The Balaban J connectivity index is 2.82. The van der Waals surface area contributed by atoms with E-state index in [4.69, 9.17) is 24.4 Å². The first-order valence-electron chi connectivity index (χ1n) is 6.21. The average Bonchev–Trinajstić information content (AvgIpc) is 2.51. The van der Waals surface area contributed by atoms with Gasteiger partial charge < -0.3 is 10.6 Å². The number of hydrogen-bond donors (Lipinski definition) is 4. The van der Waals surface area contributed by atoms with Gasteiger partial charge in [0.2, 0.25) is 0 Å². The molecule has 1 aromatic heterocycles. The van der Waals surface area contributed by atoms with Gasteiger partial charge in [-0.3, -0.25) is 15.8 Å². The Labute approximate surface area is 134 Å². The first-order chi connectivity index (χ1) is 10.2. The van der Waals surface area contributed by atoms with Gasteiger partial charge in [0.1, 0.15) is 5.71 Å². The van der Waals surface area contributed by atoms with Crippen LogP contribution >= 0.6 is 24.4 Å². The Morgan fingerprint density at radius 3 is 2.71 bits per heavy atom. The van der Waals surface area contributed by atoms with Gasteiger partial charge in [-0.05, 0) is 43.5 Å². The molecule has 0 unspecified atom stereocenters. The van der Waals surface area contributed by atoms with Crippen molar-refractivity contribution in [1.29, 1.82) is 0 Å². The van der Waals surface area contributed by atoms with Gasteiger partial charge in [0.15, 0.2) is 10.2 Å². The molecular formula is C12H17N7S2. The third-order valence-electron chi connectivity index (χ3n) is 2.12. The summed E-state index contributed by atoms with van der Waals surface area (Å²) in [4.78, 5) is 4.22. The predicted octanol–water partition coefficient (Wildman–Crippen LogP) is 0.349. The van der Waals surface area contributed by atoms with E-state index in [1.807, 2.05) is 25.1 Å². The van der Waals surface area contributed by atoms with Gasteiger partial charge in [0.25, 0.3) is 0 Å². The summed E-state index contributed by atoms with van der Waals surface area (Å²) in [6.07, 6.45) is 3.18. The van der Waals surface area contributed by atoms with Crippen molar-refractivity contribution >= 4 is 46.6 Å². The van der Waals surface area contributed by atoms with Crippen LogP contribution in [0.4, 0.5) is 0 Å². The van der Waals surface area contributed by atoms with Gasteiger partial charge in [-0.15, -0.1) is 0 Å². The van der Waals surface area contributed by atoms with Crippen molar-refractivity contribution in [3.05, 3.63) is 30.1 Å². The van der Waals surface area contributed by atoms with E-state index in [9.17, 15) is 0 Å². The number of hydrazone groups is 2. The van der Waals surface area contributed by atoms with Crippen LogP contribution in [0, 0.1) is 0 Å². The lowest BCUT2D eigenvalue weighted by atomic mass is 10.2. The minimum atomic E-state index is 0.405. The molecule has 0 atom stereocenters. The van der Waals surface area contributed by atoms with Crippen molar-refractivity contribution in [1.82, 2.24) is 26.5 Å². The quantitative estimate of drug-likeness (QED) is 0.353. The number of pyridine rings is 1. The van der Waals surface area contributed by atoms with Crippen LogP contribution in [0.3, 0.4) is 0 Å². The molecule has 1 heterocycles. The molecule has 0 aliphatic rings. The monoisotopic (exact) mass is 323 g/mol. The number of nitrogens with zero attached hydrogens (tertiary/aromatic N) is 3. The molecule has 0 aliphatic heterocycles. The summed E-state index contributed by atoms with van der Waals surface area (Å²) in [5.41, 5.74) is 6.56. The molecule has 1 rings (SSSR count). The van der Waals surface area contributed by atoms with Gasteiger partial charge in [0.05, 0.1) is 11.9 Å². The zero-order valence-electron chi connectivity index (χ0n) is 11.8. The molecule has 112 valence electrons. The average molecular weight is 323 g/mol. The van der Waals surface area contributed by atoms with Crippen LogP contribution in [-0.2, 0) is 0 Å². The zero-order chi connectivity index (χ0) is 15.5. The van der Waals surface area contributed by atoms with Crippen LogP contribution in [0.1, 0.15) is 12.6 Å². The van der Waals surface area contributed by atoms with Crippen molar-refractivity contribution in [2.24, 2.45) is 10.2 Å². The van der Waals surface area contributed by atoms with E-state index in [-0.39, 0.29) is 0 Å². The lowest BCUT2D eigenvalue weighted by molar-refractivity contribution is 0.902. The summed E-state index contributed by atoms with van der Waals surface area (Å²) >= 11 is 9.98. The lowest BCUT2D eigenvalue weighted by Crippen LogP contribution is -2.33. The molecule has 0 fully saturated rings. The maximum absolute atomic E-state index is 5.05. The highest BCUT2D eigenvalue weighted by Crippen LogP contribution is 1.94. The minimum absolute atomic E-state index is 0.405. The van der Waals surface area contributed by atoms with Crippen LogP contribution in [0.5, 0.6) is 0 Å².